The third-order valence-corrected chi connectivity index (χ3v) is 9.37. The first-order valence-corrected chi connectivity index (χ1v) is 14.8. The molecular formula is C27H40N5O5S2+. The van der Waals surface area contributed by atoms with E-state index in [0.29, 0.717) is 51.8 Å². The minimum atomic E-state index is -0.497. The van der Waals surface area contributed by atoms with Gasteiger partial charge >= 0.3 is 5.97 Å². The molecule has 1 aliphatic rings. The molecule has 0 aromatic carbocycles. The number of hydrogen-bond donors (Lipinski definition) is 4. The number of thiophene rings is 2. The number of anilines is 2. The molecule has 0 atom stereocenters. The minimum Gasteiger partial charge on any atom is -0.465 e. The predicted molar refractivity (Wildman–Crippen MR) is 156 cm³/mol. The normalized spacial score (nSPS) is 15.8. The highest BCUT2D eigenvalue weighted by Crippen LogP contribution is 2.35. The van der Waals surface area contributed by atoms with Crippen LogP contribution in [0.15, 0.2) is 10.8 Å². The van der Waals surface area contributed by atoms with E-state index in [4.69, 9.17) is 4.74 Å². The Morgan fingerprint density at radius 3 is 1.92 bits per heavy atom. The number of carbonyl (C=O) groups excluding carboxylic acids is 4. The second kappa shape index (κ2) is 13.0. The average Bonchev–Trinajstić information content (AvgIpc) is 3.42. The van der Waals surface area contributed by atoms with Crippen LogP contribution in [0.1, 0.15) is 57.2 Å². The van der Waals surface area contributed by atoms with Crippen LogP contribution in [0.2, 0.25) is 0 Å². The van der Waals surface area contributed by atoms with Gasteiger partial charge in [-0.15, -0.1) is 22.7 Å². The number of likely N-dealkylation sites (tertiary alicyclic amines) is 1. The lowest BCUT2D eigenvalue weighted by Gasteiger charge is -2.45. The van der Waals surface area contributed by atoms with Crippen molar-refractivity contribution in [2.24, 2.45) is 5.41 Å². The fourth-order valence-corrected chi connectivity index (χ4v) is 6.49. The lowest BCUT2D eigenvalue weighted by Crippen LogP contribution is -2.60. The highest BCUT2D eigenvalue weighted by Gasteiger charge is 2.41. The Kier molecular flexibility index (Phi) is 10.3. The van der Waals surface area contributed by atoms with E-state index >= 15 is 0 Å². The monoisotopic (exact) mass is 578 g/mol. The van der Waals surface area contributed by atoms with E-state index in [0.717, 1.165) is 24.0 Å². The molecule has 1 saturated heterocycles. The van der Waals surface area contributed by atoms with Gasteiger partial charge in [0, 0.05) is 25.9 Å². The van der Waals surface area contributed by atoms with Crippen LogP contribution in [-0.2, 0) is 14.3 Å². The van der Waals surface area contributed by atoms with Gasteiger partial charge in [0.05, 0.1) is 31.6 Å². The largest absolute Gasteiger partial charge is 0.465 e. The van der Waals surface area contributed by atoms with Crippen LogP contribution in [0.4, 0.5) is 11.4 Å². The second-order valence-corrected chi connectivity index (χ2v) is 12.7. The zero-order chi connectivity index (χ0) is 28.8. The van der Waals surface area contributed by atoms with Crippen molar-refractivity contribution in [2.45, 2.75) is 40.5 Å². The van der Waals surface area contributed by atoms with E-state index in [-0.39, 0.29) is 36.2 Å². The molecule has 12 heteroatoms. The molecule has 0 saturated carbocycles. The molecule has 4 N–H and O–H groups in total. The van der Waals surface area contributed by atoms with Gasteiger partial charge in [0.15, 0.2) is 13.1 Å². The Labute approximate surface area is 238 Å². The van der Waals surface area contributed by atoms with Crippen molar-refractivity contribution in [1.29, 1.82) is 0 Å². The third-order valence-electron chi connectivity index (χ3n) is 7.20. The summed E-state index contributed by atoms with van der Waals surface area (Å²) in [6.07, 6.45) is 1.74. The summed E-state index contributed by atoms with van der Waals surface area (Å²) in [4.78, 5) is 52.4. The van der Waals surface area contributed by atoms with Gasteiger partial charge in [-0.25, -0.2) is 4.79 Å². The van der Waals surface area contributed by atoms with Crippen molar-refractivity contribution in [1.82, 2.24) is 10.6 Å². The first-order chi connectivity index (χ1) is 18.4. The van der Waals surface area contributed by atoms with Gasteiger partial charge in [-0.1, -0.05) is 13.8 Å². The van der Waals surface area contributed by atoms with Gasteiger partial charge in [-0.2, -0.15) is 0 Å². The van der Waals surface area contributed by atoms with E-state index in [1.54, 1.807) is 5.38 Å². The Balaban J connectivity index is 1.76. The molecule has 0 aliphatic carbocycles. The number of quaternary nitrogens is 1. The number of rotatable bonds is 11. The van der Waals surface area contributed by atoms with Gasteiger partial charge in [0.25, 0.3) is 17.7 Å². The maximum Gasteiger partial charge on any atom is 0.350 e. The number of carbonyl (C=O) groups is 4. The second-order valence-electron chi connectivity index (χ2n) is 11.0. The lowest BCUT2D eigenvalue weighted by atomic mass is 9.81. The average molecular weight is 579 g/mol. The van der Waals surface area contributed by atoms with Gasteiger partial charge in [-0.3, -0.25) is 14.4 Å². The topological polar surface area (TPSA) is 126 Å². The number of hydrogen-bond acceptors (Lipinski definition) is 8. The highest BCUT2D eigenvalue weighted by atomic mass is 32.1. The number of esters is 1. The van der Waals surface area contributed by atoms with Crippen LogP contribution in [0.5, 0.6) is 0 Å². The molecule has 39 heavy (non-hydrogen) atoms. The van der Waals surface area contributed by atoms with Crippen molar-refractivity contribution >= 4 is 57.7 Å². The molecule has 1 aliphatic heterocycles. The molecule has 2 aromatic rings. The summed E-state index contributed by atoms with van der Waals surface area (Å²) in [5.41, 5.74) is 2.70. The van der Waals surface area contributed by atoms with Gasteiger partial charge < -0.3 is 30.5 Å². The summed E-state index contributed by atoms with van der Waals surface area (Å²) >= 11 is 2.52. The summed E-state index contributed by atoms with van der Waals surface area (Å²) in [7, 11) is 3.12. The standard InChI is InChI=1S/C27H39N5O5S2/c1-17-15-38-23(25(35)29-10-9-28-5)21(17)30-19(33)13-32(11-7-27(3,4)8-12-32)14-20(34)31-22-18(2)16-39-24(22)26(36)37-6/h15-16,28H,7-14H2,1-6H3,(H2-,29,30,31,33,34,35,36)/p+1. The van der Waals surface area contributed by atoms with Gasteiger partial charge in [-0.05, 0) is 48.2 Å². The van der Waals surface area contributed by atoms with Crippen molar-refractivity contribution in [3.63, 3.8) is 0 Å². The molecule has 0 radical (unpaired) electrons. The van der Waals surface area contributed by atoms with Crippen molar-refractivity contribution < 1.29 is 28.4 Å². The molecule has 1 fully saturated rings. The van der Waals surface area contributed by atoms with Crippen LogP contribution in [-0.4, -0.2) is 81.6 Å². The number of piperidine rings is 1. The Hall–Kier alpha value is -2.80. The summed E-state index contributed by atoms with van der Waals surface area (Å²) in [6.45, 7) is 10.7. The van der Waals surface area contributed by atoms with Gasteiger partial charge in [0.2, 0.25) is 0 Å². The predicted octanol–water partition coefficient (Wildman–Crippen LogP) is 3.38. The number of nitrogens with zero attached hydrogens (tertiary/aromatic N) is 1. The third kappa shape index (κ3) is 7.87. The van der Waals surface area contributed by atoms with Crippen LogP contribution >= 0.6 is 22.7 Å². The SMILES string of the molecule is CNCCNC(=O)c1scc(C)c1NC(=O)C[N+]1(CC(=O)Nc2c(C)csc2C(=O)OC)CCC(C)(C)CC1. The molecule has 3 amide bonds. The van der Waals surface area contributed by atoms with E-state index in [9.17, 15) is 19.2 Å². The Morgan fingerprint density at radius 1 is 0.897 bits per heavy atom. The van der Waals surface area contributed by atoms with E-state index in [1.807, 2.05) is 26.3 Å². The fourth-order valence-electron chi connectivity index (χ4n) is 4.65. The lowest BCUT2D eigenvalue weighted by molar-refractivity contribution is -0.919. The Bertz CT molecular complexity index is 1210. The molecule has 214 valence electrons. The summed E-state index contributed by atoms with van der Waals surface area (Å²) in [6, 6.07) is 0. The van der Waals surface area contributed by atoms with Crippen LogP contribution in [0, 0.1) is 19.3 Å². The van der Waals surface area contributed by atoms with Crippen LogP contribution < -0.4 is 21.3 Å². The van der Waals surface area contributed by atoms with Crippen molar-refractivity contribution in [3.8, 4) is 0 Å². The number of ether oxygens (including phenoxy) is 1. The molecule has 2 aromatic heterocycles. The molecule has 0 bridgehead atoms. The van der Waals surface area contributed by atoms with E-state index in [2.05, 4.69) is 35.1 Å². The Morgan fingerprint density at radius 2 is 1.41 bits per heavy atom. The number of likely N-dealkylation sites (N-methyl/N-ethyl adjacent to an activating group) is 1. The molecule has 10 nitrogen and oxygen atoms in total. The van der Waals surface area contributed by atoms with Gasteiger partial charge in [0.1, 0.15) is 9.75 Å². The summed E-state index contributed by atoms with van der Waals surface area (Å²) in [5, 5.41) is 15.4. The maximum atomic E-state index is 13.4. The number of aryl methyl sites for hydroxylation is 2. The zero-order valence-electron chi connectivity index (χ0n) is 23.6. The number of methoxy groups -OCH3 is 1. The molecule has 3 rings (SSSR count). The molecule has 0 unspecified atom stereocenters. The zero-order valence-corrected chi connectivity index (χ0v) is 25.2. The minimum absolute atomic E-state index is 0.0966. The van der Waals surface area contributed by atoms with Crippen LogP contribution in [0.3, 0.4) is 0 Å². The van der Waals surface area contributed by atoms with E-state index in [1.165, 1.54) is 29.8 Å². The quantitative estimate of drug-likeness (QED) is 0.184. The maximum absolute atomic E-state index is 13.4. The fraction of sp³-hybridized carbons (Fsp3) is 0.556. The van der Waals surface area contributed by atoms with Crippen molar-refractivity contribution in [3.05, 3.63) is 31.6 Å². The van der Waals surface area contributed by atoms with E-state index < -0.39 is 5.97 Å². The first kappa shape index (κ1) is 30.7. The first-order valence-electron chi connectivity index (χ1n) is 13.0. The highest BCUT2D eigenvalue weighted by molar-refractivity contribution is 7.13. The summed E-state index contributed by atoms with van der Waals surface area (Å²) in [5.74, 6) is -1.22. The number of amides is 3. The number of nitrogens with one attached hydrogen (secondary N) is 4. The van der Waals surface area contributed by atoms with Crippen molar-refractivity contribution in [2.75, 3.05) is 64.1 Å². The molecule has 3 heterocycles. The van der Waals surface area contributed by atoms with Crippen LogP contribution in [0.25, 0.3) is 0 Å². The molecular weight excluding hydrogens is 538 g/mol. The molecule has 0 spiro atoms. The smallest absolute Gasteiger partial charge is 0.350 e. The summed E-state index contributed by atoms with van der Waals surface area (Å²) < 4.78 is 5.16.